The van der Waals surface area contributed by atoms with Gasteiger partial charge in [-0.1, -0.05) is 48.9 Å². The molecule has 33 heavy (non-hydrogen) atoms. The number of nitrogens with zero attached hydrogens (tertiary/aromatic N) is 3. The Balaban J connectivity index is 1.98. The molecule has 4 unspecified atom stereocenters. The number of hydrogen-bond acceptors (Lipinski definition) is 6. The van der Waals surface area contributed by atoms with Gasteiger partial charge in [0.1, 0.15) is 6.10 Å². The summed E-state index contributed by atoms with van der Waals surface area (Å²) in [6, 6.07) is 16.5. The van der Waals surface area contributed by atoms with Gasteiger partial charge in [-0.05, 0) is 24.6 Å². The molecule has 4 atom stereocenters. The highest BCUT2D eigenvalue weighted by Crippen LogP contribution is 2.68. The molecule has 2 aromatic carbocycles. The number of ether oxygens (including phenoxy) is 2. The van der Waals surface area contributed by atoms with Crippen LogP contribution >= 0.6 is 0 Å². The summed E-state index contributed by atoms with van der Waals surface area (Å²) in [5.41, 5.74) is -3.70. The lowest BCUT2D eigenvalue weighted by Crippen LogP contribution is -2.57. The van der Waals surface area contributed by atoms with Crippen LogP contribution in [0.3, 0.4) is 0 Å². The van der Waals surface area contributed by atoms with Crippen LogP contribution in [-0.4, -0.2) is 5.90 Å². The minimum absolute atomic E-state index is 0.0902. The first-order valence-corrected chi connectivity index (χ1v) is 9.96. The van der Waals surface area contributed by atoms with E-state index >= 15 is 0 Å². The van der Waals surface area contributed by atoms with E-state index < -0.39 is 46.3 Å². The molecule has 0 radical (unpaired) electrons. The van der Waals surface area contributed by atoms with Crippen LogP contribution in [0, 0.1) is 63.1 Å². The van der Waals surface area contributed by atoms with Crippen LogP contribution in [0.15, 0.2) is 48.5 Å². The quantitative estimate of drug-likeness (QED) is 0.682. The second-order valence-corrected chi connectivity index (χ2v) is 8.26. The van der Waals surface area contributed by atoms with Crippen LogP contribution in [0.5, 0.6) is 0 Å². The minimum Gasteiger partial charge on any atom is -0.443 e. The molecule has 6 nitrogen and oxygen atoms in total. The lowest BCUT2D eigenvalue weighted by atomic mass is 9.53. The second kappa shape index (κ2) is 7.07. The number of hydrogen-bond donors (Lipinski definition) is 1. The highest BCUT2D eigenvalue weighted by molar-refractivity contribution is 5.89. The molecule has 2 aliphatic rings. The molecule has 2 saturated heterocycles. The third-order valence-electron chi connectivity index (χ3n) is 6.66. The SMILES string of the molecule is Cc1ccc(C23OC(=N)C(C#N)(C2C)C(C#N)(C#N)C(c2ccc(C(F)(F)F)cc2)O3)cc1. The number of nitriles is 3. The molecule has 2 fully saturated rings. The smallest absolute Gasteiger partial charge is 0.416 e. The summed E-state index contributed by atoms with van der Waals surface area (Å²) in [5, 5.41) is 39.1. The molecule has 4 rings (SSSR count). The van der Waals surface area contributed by atoms with Crippen molar-refractivity contribution in [2.75, 3.05) is 0 Å². The molecule has 0 aliphatic carbocycles. The molecule has 0 aromatic heterocycles. The van der Waals surface area contributed by atoms with Gasteiger partial charge in [0.05, 0.1) is 29.7 Å². The van der Waals surface area contributed by atoms with Crippen molar-refractivity contribution in [1.82, 2.24) is 0 Å². The number of alkyl halides is 3. The summed E-state index contributed by atoms with van der Waals surface area (Å²) >= 11 is 0. The first kappa shape index (κ1) is 22.3. The Hall–Kier alpha value is -3.87. The zero-order valence-corrected chi connectivity index (χ0v) is 17.6. The molecule has 0 saturated carbocycles. The van der Waals surface area contributed by atoms with Gasteiger partial charge in [-0.15, -0.1) is 0 Å². The number of benzene rings is 2. The van der Waals surface area contributed by atoms with E-state index in [9.17, 15) is 29.0 Å². The maximum atomic E-state index is 13.1. The lowest BCUT2D eigenvalue weighted by molar-refractivity contribution is -0.288. The maximum Gasteiger partial charge on any atom is 0.416 e. The summed E-state index contributed by atoms with van der Waals surface area (Å²) in [7, 11) is 0. The van der Waals surface area contributed by atoms with Crippen molar-refractivity contribution in [2.45, 2.75) is 31.9 Å². The van der Waals surface area contributed by atoms with E-state index in [0.29, 0.717) is 5.56 Å². The summed E-state index contributed by atoms with van der Waals surface area (Å²) < 4.78 is 51.4. The molecule has 0 spiro atoms. The van der Waals surface area contributed by atoms with Crippen LogP contribution in [0.25, 0.3) is 0 Å². The average molecular weight is 450 g/mol. The highest BCUT2D eigenvalue weighted by atomic mass is 19.4. The van der Waals surface area contributed by atoms with E-state index in [4.69, 9.17) is 14.9 Å². The van der Waals surface area contributed by atoms with E-state index in [1.165, 1.54) is 0 Å². The average Bonchev–Trinajstić information content (AvgIpc) is 2.95. The second-order valence-electron chi connectivity index (χ2n) is 8.26. The molecular formula is C24H17F3N4O2. The molecule has 2 aromatic rings. The third kappa shape index (κ3) is 2.71. The molecule has 166 valence electrons. The Morgan fingerprint density at radius 1 is 0.939 bits per heavy atom. The van der Waals surface area contributed by atoms with Crippen molar-refractivity contribution in [3.05, 3.63) is 70.8 Å². The maximum absolute atomic E-state index is 13.1. The van der Waals surface area contributed by atoms with Gasteiger partial charge >= 0.3 is 6.18 Å². The fourth-order valence-electron chi connectivity index (χ4n) is 4.80. The Labute approximate surface area is 187 Å². The van der Waals surface area contributed by atoms with Crippen molar-refractivity contribution in [3.8, 4) is 18.2 Å². The minimum atomic E-state index is -4.58. The monoisotopic (exact) mass is 450 g/mol. The normalized spacial score (nSPS) is 29.9. The molecule has 2 aliphatic heterocycles. The Kier molecular flexibility index (Phi) is 4.78. The van der Waals surface area contributed by atoms with E-state index in [0.717, 1.165) is 29.8 Å². The topological polar surface area (TPSA) is 114 Å². The predicted octanol–water partition coefficient (Wildman–Crippen LogP) is 5.13. The van der Waals surface area contributed by atoms with Crippen LogP contribution in [0.2, 0.25) is 0 Å². The molecule has 2 heterocycles. The molecule has 1 N–H and O–H groups in total. The van der Waals surface area contributed by atoms with Crippen LogP contribution < -0.4 is 0 Å². The number of halogens is 3. The molecule has 9 heteroatoms. The molecular weight excluding hydrogens is 433 g/mol. The Morgan fingerprint density at radius 3 is 2.00 bits per heavy atom. The van der Waals surface area contributed by atoms with Crippen molar-refractivity contribution in [1.29, 1.82) is 21.2 Å². The highest BCUT2D eigenvalue weighted by Gasteiger charge is 2.79. The third-order valence-corrected chi connectivity index (χ3v) is 6.66. The van der Waals surface area contributed by atoms with Gasteiger partial charge in [0.15, 0.2) is 5.41 Å². The van der Waals surface area contributed by atoms with Crippen LogP contribution in [0.4, 0.5) is 13.2 Å². The van der Waals surface area contributed by atoms with Gasteiger partial charge in [0, 0.05) is 5.56 Å². The summed E-state index contributed by atoms with van der Waals surface area (Å²) in [5.74, 6) is -3.23. The van der Waals surface area contributed by atoms with Gasteiger partial charge in [0.2, 0.25) is 17.1 Å². The van der Waals surface area contributed by atoms with E-state index in [1.54, 1.807) is 31.2 Å². The Morgan fingerprint density at radius 2 is 1.52 bits per heavy atom. The van der Waals surface area contributed by atoms with Crippen LogP contribution in [-0.2, 0) is 21.4 Å². The first-order valence-electron chi connectivity index (χ1n) is 9.96. The van der Waals surface area contributed by atoms with Crippen LogP contribution in [0.1, 0.15) is 35.3 Å². The standard InChI is InChI=1S/C24H17F3N4O2/c1-14-3-7-17(8-4-14)23-15(2)22(13-30,20(31)33-23)21(11-28,12-29)19(32-23)16-5-9-18(10-6-16)24(25,26)27/h3-10,15,19,31H,1-2H3. The van der Waals surface area contributed by atoms with E-state index in [1.807, 2.05) is 25.1 Å². The number of nitrogens with one attached hydrogen (secondary N) is 1. The fourth-order valence-corrected chi connectivity index (χ4v) is 4.80. The zero-order chi connectivity index (χ0) is 24.2. The number of aryl methyl sites for hydroxylation is 1. The van der Waals surface area contributed by atoms with Crippen molar-refractivity contribution >= 4 is 5.90 Å². The Bertz CT molecular complexity index is 1240. The van der Waals surface area contributed by atoms with E-state index in [2.05, 4.69) is 0 Å². The van der Waals surface area contributed by atoms with Gasteiger partial charge in [0.25, 0.3) is 0 Å². The predicted molar refractivity (Wildman–Crippen MR) is 108 cm³/mol. The molecule has 2 bridgehead atoms. The van der Waals surface area contributed by atoms with Gasteiger partial charge < -0.3 is 9.47 Å². The summed E-state index contributed by atoms with van der Waals surface area (Å²) in [6.45, 7) is 3.43. The van der Waals surface area contributed by atoms with Crippen molar-refractivity contribution < 1.29 is 22.6 Å². The number of rotatable bonds is 2. The van der Waals surface area contributed by atoms with Gasteiger partial charge in [-0.2, -0.15) is 29.0 Å². The first-order chi connectivity index (χ1) is 15.5. The number of fused-ring (bicyclic) bond motifs is 2. The summed E-state index contributed by atoms with van der Waals surface area (Å²) in [6.07, 6.45) is -6.04. The van der Waals surface area contributed by atoms with E-state index in [-0.39, 0.29) is 5.56 Å². The van der Waals surface area contributed by atoms with Crippen molar-refractivity contribution in [3.63, 3.8) is 0 Å². The van der Waals surface area contributed by atoms with Crippen molar-refractivity contribution in [2.24, 2.45) is 16.7 Å². The fraction of sp³-hybridized carbons (Fsp3) is 0.333. The zero-order valence-electron chi connectivity index (χ0n) is 17.6. The summed E-state index contributed by atoms with van der Waals surface area (Å²) in [4.78, 5) is 0. The molecule has 0 amide bonds. The lowest BCUT2D eigenvalue weighted by Gasteiger charge is -2.48. The largest absolute Gasteiger partial charge is 0.443 e. The van der Waals surface area contributed by atoms with Gasteiger partial charge in [-0.25, -0.2) is 0 Å². The van der Waals surface area contributed by atoms with Gasteiger partial charge in [-0.3, -0.25) is 5.41 Å².